The fourth-order valence-electron chi connectivity index (χ4n) is 2.18. The predicted octanol–water partition coefficient (Wildman–Crippen LogP) is 4.30. The number of sulfonamides is 1. The monoisotopic (exact) mass is 357 g/mol. The zero-order valence-electron chi connectivity index (χ0n) is 12.7. The summed E-state index contributed by atoms with van der Waals surface area (Å²) in [5.41, 5.74) is 1.11. The largest absolute Gasteiger partial charge is 0.243 e. The molecule has 0 aliphatic carbocycles. The van der Waals surface area contributed by atoms with Crippen molar-refractivity contribution in [2.75, 3.05) is 12.9 Å². The summed E-state index contributed by atoms with van der Waals surface area (Å²) in [6.45, 7) is 1.90. The highest BCUT2D eigenvalue weighted by molar-refractivity contribution is 7.89. The molecule has 0 aliphatic rings. The first-order chi connectivity index (χ1) is 10.5. The van der Waals surface area contributed by atoms with Crippen molar-refractivity contribution in [3.05, 3.63) is 52.2 Å². The van der Waals surface area contributed by atoms with Gasteiger partial charge in [-0.2, -0.15) is 4.31 Å². The standard InChI is InChI=1S/C16H20ClNO2S2/c1-13(16-6-4-12-21-16)18(2)22(19,20)15-9-7-14(8-10-15)5-3-11-17/h4,6-10,12-13H,3,5,11H2,1-2H3. The van der Waals surface area contributed by atoms with Crippen LogP contribution in [0.1, 0.15) is 29.8 Å². The van der Waals surface area contributed by atoms with E-state index in [4.69, 9.17) is 11.6 Å². The maximum atomic E-state index is 12.7. The summed E-state index contributed by atoms with van der Waals surface area (Å²) in [7, 11) is -1.86. The lowest BCUT2D eigenvalue weighted by atomic mass is 10.1. The van der Waals surface area contributed by atoms with Gasteiger partial charge in [0.2, 0.25) is 10.0 Å². The number of alkyl halides is 1. The van der Waals surface area contributed by atoms with Crippen LogP contribution in [0.4, 0.5) is 0 Å². The fraction of sp³-hybridized carbons (Fsp3) is 0.375. The van der Waals surface area contributed by atoms with Gasteiger partial charge in [-0.3, -0.25) is 0 Å². The van der Waals surface area contributed by atoms with Crippen molar-refractivity contribution in [1.82, 2.24) is 4.31 Å². The topological polar surface area (TPSA) is 37.4 Å². The molecule has 0 bridgehead atoms. The Morgan fingerprint density at radius 3 is 2.45 bits per heavy atom. The van der Waals surface area contributed by atoms with Gasteiger partial charge in [0.05, 0.1) is 10.9 Å². The number of rotatable bonds is 7. The van der Waals surface area contributed by atoms with Gasteiger partial charge in [-0.15, -0.1) is 22.9 Å². The molecule has 3 nitrogen and oxygen atoms in total. The summed E-state index contributed by atoms with van der Waals surface area (Å²) in [6, 6.07) is 10.8. The summed E-state index contributed by atoms with van der Waals surface area (Å²) >= 11 is 7.24. The Balaban J connectivity index is 2.18. The van der Waals surface area contributed by atoms with Crippen molar-refractivity contribution >= 4 is 33.0 Å². The first-order valence-corrected chi connectivity index (χ1v) is 9.98. The van der Waals surface area contributed by atoms with Gasteiger partial charge in [0, 0.05) is 17.8 Å². The molecular weight excluding hydrogens is 338 g/mol. The van der Waals surface area contributed by atoms with E-state index in [0.717, 1.165) is 23.3 Å². The molecule has 0 aliphatic heterocycles. The lowest BCUT2D eigenvalue weighted by Gasteiger charge is -2.23. The van der Waals surface area contributed by atoms with E-state index in [-0.39, 0.29) is 6.04 Å². The molecule has 1 aromatic carbocycles. The van der Waals surface area contributed by atoms with Crippen LogP contribution in [-0.2, 0) is 16.4 Å². The van der Waals surface area contributed by atoms with Crippen molar-refractivity contribution in [2.24, 2.45) is 0 Å². The molecule has 0 saturated heterocycles. The molecule has 0 N–H and O–H groups in total. The Morgan fingerprint density at radius 2 is 1.91 bits per heavy atom. The number of nitrogens with zero attached hydrogens (tertiary/aromatic N) is 1. The van der Waals surface area contributed by atoms with Crippen molar-refractivity contribution in [3.63, 3.8) is 0 Å². The van der Waals surface area contributed by atoms with E-state index in [2.05, 4.69) is 0 Å². The smallest absolute Gasteiger partial charge is 0.207 e. The number of benzene rings is 1. The Labute approximate surface area is 141 Å². The SMILES string of the molecule is CC(c1cccs1)N(C)S(=O)(=O)c1ccc(CCCCl)cc1. The van der Waals surface area contributed by atoms with Crippen molar-refractivity contribution < 1.29 is 8.42 Å². The maximum Gasteiger partial charge on any atom is 0.243 e. The molecule has 1 heterocycles. The van der Waals surface area contributed by atoms with Crippen LogP contribution < -0.4 is 0 Å². The second-order valence-electron chi connectivity index (χ2n) is 5.15. The van der Waals surface area contributed by atoms with Crippen LogP contribution in [0.3, 0.4) is 0 Å². The number of hydrogen-bond donors (Lipinski definition) is 0. The van der Waals surface area contributed by atoms with Gasteiger partial charge in [-0.1, -0.05) is 18.2 Å². The van der Waals surface area contributed by atoms with Gasteiger partial charge in [0.15, 0.2) is 0 Å². The average Bonchev–Trinajstić information content (AvgIpc) is 3.06. The van der Waals surface area contributed by atoms with Gasteiger partial charge >= 0.3 is 0 Å². The van der Waals surface area contributed by atoms with E-state index in [9.17, 15) is 8.42 Å². The molecule has 2 aromatic rings. The van der Waals surface area contributed by atoms with E-state index in [1.165, 1.54) is 4.31 Å². The molecule has 1 aromatic heterocycles. The van der Waals surface area contributed by atoms with Crippen LogP contribution in [0, 0.1) is 0 Å². The summed E-state index contributed by atoms with van der Waals surface area (Å²) in [5.74, 6) is 0.612. The molecule has 0 radical (unpaired) electrons. The Morgan fingerprint density at radius 1 is 1.23 bits per heavy atom. The zero-order chi connectivity index (χ0) is 16.2. The molecule has 2 rings (SSSR count). The van der Waals surface area contributed by atoms with Crippen LogP contribution in [0.25, 0.3) is 0 Å². The Kier molecular flexibility index (Phi) is 6.03. The fourth-order valence-corrected chi connectivity index (χ4v) is 4.55. The summed E-state index contributed by atoms with van der Waals surface area (Å²) in [6.07, 6.45) is 1.76. The molecule has 0 spiro atoms. The number of thiophene rings is 1. The van der Waals surface area contributed by atoms with E-state index in [1.54, 1.807) is 30.5 Å². The van der Waals surface area contributed by atoms with Crippen LogP contribution >= 0.6 is 22.9 Å². The molecule has 1 atom stereocenters. The first kappa shape index (κ1) is 17.5. The summed E-state index contributed by atoms with van der Waals surface area (Å²) in [4.78, 5) is 1.36. The molecule has 6 heteroatoms. The summed E-state index contributed by atoms with van der Waals surface area (Å²) < 4.78 is 26.8. The third-order valence-corrected chi connectivity index (χ3v) is 6.95. The van der Waals surface area contributed by atoms with Crippen molar-refractivity contribution in [3.8, 4) is 0 Å². The number of hydrogen-bond acceptors (Lipinski definition) is 3. The molecule has 0 saturated carbocycles. The molecular formula is C16H20ClNO2S2. The molecule has 1 unspecified atom stereocenters. The molecule has 120 valence electrons. The Hall–Kier alpha value is -0.880. The number of halogens is 1. The van der Waals surface area contributed by atoms with E-state index < -0.39 is 10.0 Å². The van der Waals surface area contributed by atoms with Crippen LogP contribution in [0.2, 0.25) is 0 Å². The quantitative estimate of drug-likeness (QED) is 0.693. The van der Waals surface area contributed by atoms with Gasteiger partial charge in [-0.05, 0) is 48.9 Å². The van der Waals surface area contributed by atoms with Gasteiger partial charge in [0.25, 0.3) is 0 Å². The minimum atomic E-state index is -3.49. The van der Waals surface area contributed by atoms with Crippen molar-refractivity contribution in [2.45, 2.75) is 30.7 Å². The van der Waals surface area contributed by atoms with Crippen LogP contribution in [0.5, 0.6) is 0 Å². The normalized spacial score (nSPS) is 13.5. The minimum absolute atomic E-state index is 0.180. The van der Waals surface area contributed by atoms with E-state index in [1.807, 2.05) is 36.6 Å². The second kappa shape index (κ2) is 7.59. The highest BCUT2D eigenvalue weighted by Gasteiger charge is 2.26. The minimum Gasteiger partial charge on any atom is -0.207 e. The molecule has 0 amide bonds. The van der Waals surface area contributed by atoms with Gasteiger partial charge in [0.1, 0.15) is 0 Å². The molecule has 22 heavy (non-hydrogen) atoms. The van der Waals surface area contributed by atoms with Crippen molar-refractivity contribution in [1.29, 1.82) is 0 Å². The van der Waals surface area contributed by atoms with Crippen LogP contribution in [-0.4, -0.2) is 25.7 Å². The summed E-state index contributed by atoms with van der Waals surface area (Å²) in [5, 5.41) is 1.96. The maximum absolute atomic E-state index is 12.7. The predicted molar refractivity (Wildman–Crippen MR) is 93.2 cm³/mol. The third kappa shape index (κ3) is 3.90. The first-order valence-electron chi connectivity index (χ1n) is 7.13. The van der Waals surface area contributed by atoms with Crippen LogP contribution in [0.15, 0.2) is 46.7 Å². The van der Waals surface area contributed by atoms with E-state index in [0.29, 0.717) is 10.8 Å². The van der Waals surface area contributed by atoms with E-state index >= 15 is 0 Å². The van der Waals surface area contributed by atoms with Gasteiger partial charge in [-0.25, -0.2) is 8.42 Å². The number of aryl methyl sites for hydroxylation is 1. The highest BCUT2D eigenvalue weighted by Crippen LogP contribution is 2.28. The van der Waals surface area contributed by atoms with Gasteiger partial charge < -0.3 is 0 Å². The third-order valence-electron chi connectivity index (χ3n) is 3.70. The second-order valence-corrected chi connectivity index (χ2v) is 8.50. The lowest BCUT2D eigenvalue weighted by Crippen LogP contribution is -2.29. The Bertz CT molecular complexity index is 681. The molecule has 0 fully saturated rings. The lowest BCUT2D eigenvalue weighted by molar-refractivity contribution is 0.403. The zero-order valence-corrected chi connectivity index (χ0v) is 15.1. The highest BCUT2D eigenvalue weighted by atomic mass is 35.5. The average molecular weight is 358 g/mol.